The first-order chi connectivity index (χ1) is 12.0. The van der Waals surface area contributed by atoms with Gasteiger partial charge in [-0.1, -0.05) is 12.1 Å². The molecular weight excluding hydrogens is 345 g/mol. The van der Waals surface area contributed by atoms with E-state index in [1.165, 1.54) is 0 Å². The molecule has 2 aromatic carbocycles. The van der Waals surface area contributed by atoms with Crippen LogP contribution in [0.15, 0.2) is 76.2 Å². The van der Waals surface area contributed by atoms with Gasteiger partial charge < -0.3 is 13.9 Å². The van der Waals surface area contributed by atoms with Crippen molar-refractivity contribution in [1.29, 1.82) is 0 Å². The molecule has 1 heterocycles. The summed E-state index contributed by atoms with van der Waals surface area (Å²) < 4.78 is 47.4. The van der Waals surface area contributed by atoms with E-state index in [9.17, 15) is 12.8 Å². The largest absolute Gasteiger partial charge is 0.468 e. The molecule has 0 unspecified atom stereocenters. The summed E-state index contributed by atoms with van der Waals surface area (Å²) in [5.74, 6) is 0.523. The molecule has 3 aromatic rings. The molecule has 0 radical (unpaired) electrons. The molecular formula is C18H16FNO4S. The minimum Gasteiger partial charge on any atom is -0.468 e. The lowest BCUT2D eigenvalue weighted by Crippen LogP contribution is -2.12. The van der Waals surface area contributed by atoms with Gasteiger partial charge in [-0.05, 0) is 54.1 Å². The van der Waals surface area contributed by atoms with Gasteiger partial charge in [-0.2, -0.15) is 8.42 Å². The van der Waals surface area contributed by atoms with Gasteiger partial charge in [-0.25, -0.2) is 4.39 Å². The van der Waals surface area contributed by atoms with Gasteiger partial charge in [-0.3, -0.25) is 0 Å². The third-order valence-electron chi connectivity index (χ3n) is 3.44. The summed E-state index contributed by atoms with van der Waals surface area (Å²) in [5, 5.41) is 3.21. The van der Waals surface area contributed by atoms with Gasteiger partial charge in [0.05, 0.1) is 12.8 Å². The SMILES string of the molecule is O=S(=O)(Oc1ccc(CNCc2ccco2)cc1)c1ccc(F)cc1. The first-order valence-electron chi connectivity index (χ1n) is 7.55. The Morgan fingerprint density at radius 2 is 1.68 bits per heavy atom. The molecule has 0 atom stereocenters. The summed E-state index contributed by atoms with van der Waals surface area (Å²) in [6.07, 6.45) is 1.62. The third kappa shape index (κ3) is 4.68. The van der Waals surface area contributed by atoms with Gasteiger partial charge in [0.2, 0.25) is 0 Å². The molecule has 0 spiro atoms. The second-order valence-corrected chi connectivity index (χ2v) is 6.86. The second kappa shape index (κ2) is 7.50. The Kier molecular flexibility index (Phi) is 5.16. The molecule has 0 amide bonds. The van der Waals surface area contributed by atoms with Gasteiger partial charge in [0.1, 0.15) is 22.2 Å². The van der Waals surface area contributed by atoms with E-state index in [0.29, 0.717) is 13.1 Å². The fourth-order valence-corrected chi connectivity index (χ4v) is 3.11. The summed E-state index contributed by atoms with van der Waals surface area (Å²) in [4.78, 5) is -0.0990. The highest BCUT2D eigenvalue weighted by atomic mass is 32.2. The van der Waals surface area contributed by atoms with Crippen LogP contribution in [0.4, 0.5) is 4.39 Å². The van der Waals surface area contributed by atoms with E-state index in [4.69, 9.17) is 8.60 Å². The Morgan fingerprint density at radius 3 is 2.32 bits per heavy atom. The number of furan rings is 1. The number of halogens is 1. The van der Waals surface area contributed by atoms with Crippen LogP contribution in [0.5, 0.6) is 5.75 Å². The van der Waals surface area contributed by atoms with Crippen molar-refractivity contribution in [1.82, 2.24) is 5.32 Å². The Hall–Kier alpha value is -2.64. The lowest BCUT2D eigenvalue weighted by atomic mass is 10.2. The first kappa shape index (κ1) is 17.2. The van der Waals surface area contributed by atoms with Crippen LogP contribution in [0.1, 0.15) is 11.3 Å². The summed E-state index contributed by atoms with van der Waals surface area (Å²) in [6.45, 7) is 1.20. The van der Waals surface area contributed by atoms with Crippen molar-refractivity contribution in [2.75, 3.05) is 0 Å². The topological polar surface area (TPSA) is 68.5 Å². The van der Waals surface area contributed by atoms with E-state index in [0.717, 1.165) is 35.6 Å². The average Bonchev–Trinajstić information content (AvgIpc) is 3.10. The molecule has 3 rings (SSSR count). The minimum absolute atomic E-state index is 0.0990. The van der Waals surface area contributed by atoms with Crippen LogP contribution in [0.3, 0.4) is 0 Å². The second-order valence-electron chi connectivity index (χ2n) is 5.32. The normalized spacial score (nSPS) is 11.4. The number of hydrogen-bond acceptors (Lipinski definition) is 5. The molecule has 0 aliphatic heterocycles. The van der Waals surface area contributed by atoms with Crippen molar-refractivity contribution < 1.29 is 21.4 Å². The predicted octanol–water partition coefficient (Wildman–Crippen LogP) is 3.48. The van der Waals surface area contributed by atoms with Crippen LogP contribution < -0.4 is 9.50 Å². The van der Waals surface area contributed by atoms with E-state index in [2.05, 4.69) is 5.32 Å². The zero-order valence-corrected chi connectivity index (χ0v) is 14.0. The van der Waals surface area contributed by atoms with Crippen molar-refractivity contribution in [3.8, 4) is 5.75 Å². The van der Waals surface area contributed by atoms with E-state index in [1.54, 1.807) is 30.5 Å². The average molecular weight is 361 g/mol. The van der Waals surface area contributed by atoms with E-state index in [-0.39, 0.29) is 10.6 Å². The highest BCUT2D eigenvalue weighted by molar-refractivity contribution is 7.87. The Labute approximate surface area is 145 Å². The molecule has 0 aliphatic carbocycles. The lowest BCUT2D eigenvalue weighted by molar-refractivity contribution is 0.481. The maximum Gasteiger partial charge on any atom is 0.339 e. The molecule has 130 valence electrons. The Morgan fingerprint density at radius 1 is 0.960 bits per heavy atom. The van der Waals surface area contributed by atoms with Crippen LogP contribution in [0, 0.1) is 5.82 Å². The van der Waals surface area contributed by atoms with Crippen LogP contribution in [0.2, 0.25) is 0 Å². The number of nitrogens with one attached hydrogen (secondary N) is 1. The monoisotopic (exact) mass is 361 g/mol. The molecule has 25 heavy (non-hydrogen) atoms. The number of rotatable bonds is 7. The third-order valence-corrected chi connectivity index (χ3v) is 4.70. The molecule has 0 fully saturated rings. The van der Waals surface area contributed by atoms with Gasteiger partial charge in [-0.15, -0.1) is 0 Å². The summed E-state index contributed by atoms with van der Waals surface area (Å²) in [7, 11) is -3.98. The van der Waals surface area contributed by atoms with Crippen LogP contribution in [0.25, 0.3) is 0 Å². The minimum atomic E-state index is -3.98. The van der Waals surface area contributed by atoms with Crippen molar-refractivity contribution in [3.63, 3.8) is 0 Å². The number of benzene rings is 2. The molecule has 7 heteroatoms. The molecule has 0 bridgehead atoms. The summed E-state index contributed by atoms with van der Waals surface area (Å²) in [5.41, 5.74) is 0.970. The summed E-state index contributed by atoms with van der Waals surface area (Å²) in [6, 6.07) is 14.9. The van der Waals surface area contributed by atoms with Crippen LogP contribution >= 0.6 is 0 Å². The van der Waals surface area contributed by atoms with Gasteiger partial charge >= 0.3 is 10.1 Å². The maximum absolute atomic E-state index is 12.9. The van der Waals surface area contributed by atoms with Crippen molar-refractivity contribution in [2.45, 2.75) is 18.0 Å². The Balaban J connectivity index is 1.59. The quantitative estimate of drug-likeness (QED) is 0.653. The van der Waals surface area contributed by atoms with Crippen LogP contribution in [-0.4, -0.2) is 8.42 Å². The fourth-order valence-electron chi connectivity index (χ4n) is 2.18. The van der Waals surface area contributed by atoms with E-state index in [1.807, 2.05) is 12.1 Å². The van der Waals surface area contributed by atoms with Crippen LogP contribution in [-0.2, 0) is 23.2 Å². The molecule has 1 aromatic heterocycles. The molecule has 0 saturated heterocycles. The van der Waals surface area contributed by atoms with E-state index >= 15 is 0 Å². The first-order valence-corrected chi connectivity index (χ1v) is 8.96. The Bertz CT molecular complexity index is 905. The molecule has 1 N–H and O–H groups in total. The van der Waals surface area contributed by atoms with Gasteiger partial charge in [0.25, 0.3) is 0 Å². The van der Waals surface area contributed by atoms with Gasteiger partial charge in [0, 0.05) is 6.54 Å². The predicted molar refractivity (Wildman–Crippen MR) is 89.9 cm³/mol. The lowest BCUT2D eigenvalue weighted by Gasteiger charge is -2.08. The standard InChI is InChI=1S/C18H16FNO4S/c19-15-5-9-18(10-6-15)25(21,22)24-16-7-3-14(4-8-16)12-20-13-17-2-1-11-23-17/h1-11,20H,12-13H2. The molecule has 0 saturated carbocycles. The van der Waals surface area contributed by atoms with Gasteiger partial charge in [0.15, 0.2) is 0 Å². The zero-order chi connectivity index (χ0) is 17.7. The summed E-state index contributed by atoms with van der Waals surface area (Å²) >= 11 is 0. The van der Waals surface area contributed by atoms with E-state index < -0.39 is 15.9 Å². The highest BCUT2D eigenvalue weighted by Crippen LogP contribution is 2.19. The highest BCUT2D eigenvalue weighted by Gasteiger charge is 2.16. The van der Waals surface area contributed by atoms with Crippen molar-refractivity contribution >= 4 is 10.1 Å². The maximum atomic E-state index is 12.9. The zero-order valence-electron chi connectivity index (χ0n) is 13.2. The number of hydrogen-bond donors (Lipinski definition) is 1. The molecule has 0 aliphatic rings. The van der Waals surface area contributed by atoms with Crippen molar-refractivity contribution in [2.24, 2.45) is 0 Å². The fraction of sp³-hybridized carbons (Fsp3) is 0.111. The smallest absolute Gasteiger partial charge is 0.339 e. The molecule has 5 nitrogen and oxygen atoms in total. The van der Waals surface area contributed by atoms with Crippen molar-refractivity contribution in [3.05, 3.63) is 84.1 Å².